The Morgan fingerprint density at radius 3 is 2.95 bits per heavy atom. The molecule has 110 valence electrons. The molecular weight excluding hydrogens is 289 g/mol. The van der Waals surface area contributed by atoms with Crippen LogP contribution in [-0.4, -0.2) is 41.8 Å². The molecule has 0 fully saturated rings. The summed E-state index contributed by atoms with van der Waals surface area (Å²) in [5, 5.41) is 0. The number of rotatable bonds is 5. The van der Waals surface area contributed by atoms with Gasteiger partial charge < -0.3 is 25.2 Å². The number of anilines is 1. The summed E-state index contributed by atoms with van der Waals surface area (Å²) < 4.78 is 17.0. The van der Waals surface area contributed by atoms with E-state index in [0.717, 1.165) is 4.57 Å². The van der Waals surface area contributed by atoms with Crippen LogP contribution in [-0.2, 0) is 15.8 Å². The molecule has 0 aliphatic rings. The molecule has 0 aromatic carbocycles. The van der Waals surface area contributed by atoms with Crippen LogP contribution >= 0.6 is 7.60 Å². The molecule has 10 nitrogen and oxygen atoms in total. The number of nitrogens with one attached hydrogen (secondary N) is 1. The summed E-state index contributed by atoms with van der Waals surface area (Å²) in [4.78, 5) is 40.2. The SMILES string of the molecule is CC(OCCn1c(N)nc2nc[nH]c2c1=O)P(=O)(O)O. The number of hydrogen-bond acceptors (Lipinski definition) is 6. The largest absolute Gasteiger partial charge is 0.369 e. The third-order valence-electron chi connectivity index (χ3n) is 2.72. The van der Waals surface area contributed by atoms with E-state index in [2.05, 4.69) is 15.0 Å². The average Bonchev–Trinajstić information content (AvgIpc) is 2.80. The lowest BCUT2D eigenvalue weighted by Crippen LogP contribution is -2.27. The number of imidazole rings is 1. The van der Waals surface area contributed by atoms with Crippen LogP contribution < -0.4 is 11.3 Å². The van der Waals surface area contributed by atoms with Gasteiger partial charge in [0.1, 0.15) is 0 Å². The molecule has 1 atom stereocenters. The Balaban J connectivity index is 2.14. The molecule has 0 radical (unpaired) electrons. The van der Waals surface area contributed by atoms with Gasteiger partial charge in [0.25, 0.3) is 5.56 Å². The second-order valence-corrected chi connectivity index (χ2v) is 5.99. The van der Waals surface area contributed by atoms with Crippen LogP contribution in [0.4, 0.5) is 5.95 Å². The normalized spacial score (nSPS) is 13.8. The smallest absolute Gasteiger partial charge is 0.353 e. The van der Waals surface area contributed by atoms with Crippen LogP contribution in [0.15, 0.2) is 11.1 Å². The van der Waals surface area contributed by atoms with Crippen LogP contribution in [0.1, 0.15) is 6.92 Å². The van der Waals surface area contributed by atoms with E-state index in [9.17, 15) is 9.36 Å². The first-order chi connectivity index (χ1) is 9.30. The van der Waals surface area contributed by atoms with Gasteiger partial charge in [0, 0.05) is 0 Å². The molecule has 0 spiro atoms. The standard InChI is InChI=1S/C9H14N5O5P/c1-5(20(16,17)18)19-3-2-14-8(15)6-7(12-4-11-6)13-9(14)10/h4-5H,2-3H2,1H3,(H2,10,13)(H,11,12)(H2,16,17,18). The fourth-order valence-corrected chi connectivity index (χ4v) is 1.86. The number of ether oxygens (including phenoxy) is 1. The Morgan fingerprint density at radius 1 is 1.60 bits per heavy atom. The van der Waals surface area contributed by atoms with Gasteiger partial charge >= 0.3 is 7.60 Å². The summed E-state index contributed by atoms with van der Waals surface area (Å²) in [5.74, 6) is -1.29. The van der Waals surface area contributed by atoms with Crippen molar-refractivity contribution >= 4 is 24.7 Å². The molecule has 5 N–H and O–H groups in total. The molecule has 0 aliphatic carbocycles. The molecule has 2 aromatic heterocycles. The molecule has 2 rings (SSSR count). The number of aromatic nitrogens is 4. The number of hydrogen-bond donors (Lipinski definition) is 4. The number of fused-ring (bicyclic) bond motifs is 1. The number of nitrogen functional groups attached to an aromatic ring is 1. The highest BCUT2D eigenvalue weighted by Gasteiger charge is 2.24. The Bertz CT molecular complexity index is 719. The van der Waals surface area contributed by atoms with Gasteiger partial charge in [-0.1, -0.05) is 0 Å². The summed E-state index contributed by atoms with van der Waals surface area (Å²) in [6, 6.07) is 0. The molecule has 0 aliphatic heterocycles. The predicted octanol–water partition coefficient (Wildman–Crippen LogP) is -0.758. The van der Waals surface area contributed by atoms with E-state index in [1.54, 1.807) is 0 Å². The van der Waals surface area contributed by atoms with E-state index < -0.39 is 19.0 Å². The lowest BCUT2D eigenvalue weighted by Gasteiger charge is -2.15. The molecule has 0 saturated heterocycles. The predicted molar refractivity (Wildman–Crippen MR) is 70.0 cm³/mol. The second kappa shape index (κ2) is 5.33. The van der Waals surface area contributed by atoms with E-state index >= 15 is 0 Å². The number of aromatic amines is 1. The van der Waals surface area contributed by atoms with Crippen molar-refractivity contribution in [2.24, 2.45) is 0 Å². The Labute approximate surface area is 112 Å². The lowest BCUT2D eigenvalue weighted by atomic mass is 10.5. The molecule has 1 unspecified atom stereocenters. The minimum Gasteiger partial charge on any atom is -0.369 e. The molecule has 0 bridgehead atoms. The van der Waals surface area contributed by atoms with E-state index in [4.69, 9.17) is 20.3 Å². The van der Waals surface area contributed by atoms with Gasteiger partial charge in [-0.2, -0.15) is 4.98 Å². The van der Waals surface area contributed by atoms with Gasteiger partial charge in [0.2, 0.25) is 5.95 Å². The maximum atomic E-state index is 12.0. The summed E-state index contributed by atoms with van der Waals surface area (Å²) in [7, 11) is -4.30. The first-order valence-electron chi connectivity index (χ1n) is 5.67. The molecule has 0 saturated carbocycles. The zero-order valence-electron chi connectivity index (χ0n) is 10.6. The van der Waals surface area contributed by atoms with Crippen LogP contribution in [0.5, 0.6) is 0 Å². The Hall–Kier alpha value is -1.74. The van der Waals surface area contributed by atoms with Crippen molar-refractivity contribution in [3.05, 3.63) is 16.7 Å². The van der Waals surface area contributed by atoms with E-state index in [0.29, 0.717) is 0 Å². The van der Waals surface area contributed by atoms with Crippen LogP contribution in [0.25, 0.3) is 11.2 Å². The summed E-state index contributed by atoms with van der Waals surface area (Å²) in [6.07, 6.45) is 1.33. The van der Waals surface area contributed by atoms with E-state index in [-0.39, 0.29) is 30.3 Å². The number of H-pyrrole nitrogens is 1. The van der Waals surface area contributed by atoms with Crippen LogP contribution in [0.3, 0.4) is 0 Å². The summed E-state index contributed by atoms with van der Waals surface area (Å²) in [6.45, 7) is 1.19. The van der Waals surface area contributed by atoms with E-state index in [1.807, 2.05) is 0 Å². The first-order valence-corrected chi connectivity index (χ1v) is 7.35. The highest BCUT2D eigenvalue weighted by atomic mass is 31.2. The highest BCUT2D eigenvalue weighted by Crippen LogP contribution is 2.41. The van der Waals surface area contributed by atoms with Gasteiger partial charge in [-0.25, -0.2) is 4.98 Å². The van der Waals surface area contributed by atoms with Crippen molar-refractivity contribution in [1.29, 1.82) is 0 Å². The third kappa shape index (κ3) is 2.88. The third-order valence-corrected chi connectivity index (χ3v) is 3.82. The zero-order chi connectivity index (χ0) is 14.9. The average molecular weight is 303 g/mol. The zero-order valence-corrected chi connectivity index (χ0v) is 11.4. The molecule has 11 heteroatoms. The van der Waals surface area contributed by atoms with Crippen LogP contribution in [0, 0.1) is 0 Å². The molecular formula is C9H14N5O5P. The fraction of sp³-hybridized carbons (Fsp3) is 0.444. The quantitative estimate of drug-likeness (QED) is 0.525. The van der Waals surface area contributed by atoms with Crippen molar-refractivity contribution in [1.82, 2.24) is 19.5 Å². The van der Waals surface area contributed by atoms with Crippen molar-refractivity contribution in [3.63, 3.8) is 0 Å². The van der Waals surface area contributed by atoms with Crippen LogP contribution in [0.2, 0.25) is 0 Å². The topological polar surface area (TPSA) is 156 Å². The molecule has 20 heavy (non-hydrogen) atoms. The maximum Gasteiger partial charge on any atom is 0.353 e. The van der Waals surface area contributed by atoms with Gasteiger partial charge in [0.05, 0.1) is 19.5 Å². The summed E-state index contributed by atoms with van der Waals surface area (Å²) in [5.41, 5.74) is 5.65. The number of nitrogens with two attached hydrogens (primary N) is 1. The van der Waals surface area contributed by atoms with Gasteiger partial charge in [0.15, 0.2) is 17.0 Å². The monoisotopic (exact) mass is 303 g/mol. The Morgan fingerprint density at radius 2 is 2.30 bits per heavy atom. The highest BCUT2D eigenvalue weighted by molar-refractivity contribution is 7.52. The van der Waals surface area contributed by atoms with Crippen molar-refractivity contribution in [2.45, 2.75) is 19.3 Å². The molecule has 0 amide bonds. The fourth-order valence-electron chi connectivity index (χ4n) is 1.56. The van der Waals surface area contributed by atoms with Gasteiger partial charge in [-0.05, 0) is 6.92 Å². The second-order valence-electron chi connectivity index (χ2n) is 4.09. The van der Waals surface area contributed by atoms with Crippen molar-refractivity contribution in [3.8, 4) is 0 Å². The van der Waals surface area contributed by atoms with Gasteiger partial charge in [-0.3, -0.25) is 13.9 Å². The minimum atomic E-state index is -4.30. The maximum absolute atomic E-state index is 12.0. The van der Waals surface area contributed by atoms with Gasteiger partial charge in [-0.15, -0.1) is 0 Å². The first kappa shape index (κ1) is 14.7. The van der Waals surface area contributed by atoms with E-state index in [1.165, 1.54) is 13.3 Å². The minimum absolute atomic E-state index is 0.0248. The van der Waals surface area contributed by atoms with Crippen molar-refractivity contribution < 1.29 is 19.1 Å². The molecule has 2 heterocycles. The Kier molecular flexibility index (Phi) is 3.91. The lowest BCUT2D eigenvalue weighted by molar-refractivity contribution is 0.0903. The van der Waals surface area contributed by atoms with Crippen molar-refractivity contribution in [2.75, 3.05) is 12.3 Å². The summed E-state index contributed by atoms with van der Waals surface area (Å²) >= 11 is 0. The molecule has 2 aromatic rings. The number of nitrogens with zero attached hydrogens (tertiary/aromatic N) is 3.